The molecule has 0 aliphatic heterocycles. The molecule has 0 unspecified atom stereocenters. The molecule has 0 fully saturated rings. The molecule has 0 N–H and O–H groups in total. The molecular weight excluding hydrogens is 317 g/mol. The summed E-state index contributed by atoms with van der Waals surface area (Å²) in [6.45, 7) is 2.32. The number of benzene rings is 2. The first-order valence-electron chi connectivity index (χ1n) is 7.09. The van der Waals surface area contributed by atoms with Crippen LogP contribution >= 0.6 is 0 Å². The molecule has 0 spiro atoms. The maximum Gasteiger partial charge on any atom is 0.254 e. The molecule has 0 bridgehead atoms. The lowest BCUT2D eigenvalue weighted by molar-refractivity contribution is 0.0803. The van der Waals surface area contributed by atoms with Crippen LogP contribution < -0.4 is 0 Å². The minimum atomic E-state index is -3.43. The normalized spacial score (nSPS) is 11.3. The van der Waals surface area contributed by atoms with E-state index in [0.29, 0.717) is 17.7 Å². The van der Waals surface area contributed by atoms with Gasteiger partial charge >= 0.3 is 0 Å². The summed E-state index contributed by atoms with van der Waals surface area (Å²) in [7, 11) is -1.78. The van der Waals surface area contributed by atoms with Crippen LogP contribution in [0.1, 0.15) is 17.3 Å². The van der Waals surface area contributed by atoms with Gasteiger partial charge in [0.2, 0.25) is 0 Å². The molecule has 0 aliphatic rings. The van der Waals surface area contributed by atoms with Crippen LogP contribution in [0.3, 0.4) is 0 Å². The van der Waals surface area contributed by atoms with Crippen molar-refractivity contribution in [1.29, 1.82) is 0 Å². The molecule has 2 aromatic carbocycles. The van der Waals surface area contributed by atoms with E-state index in [4.69, 9.17) is 0 Å². The highest BCUT2D eigenvalue weighted by atomic mass is 32.2. The number of halogens is 1. The van der Waals surface area contributed by atoms with Crippen molar-refractivity contribution < 1.29 is 17.6 Å². The van der Waals surface area contributed by atoms with E-state index in [1.54, 1.807) is 25.2 Å². The Hall–Kier alpha value is -2.21. The molecule has 0 aromatic heterocycles. The summed E-state index contributed by atoms with van der Waals surface area (Å²) in [5.74, 6) is -0.655. The highest BCUT2D eigenvalue weighted by Crippen LogP contribution is 2.27. The van der Waals surface area contributed by atoms with Crippen molar-refractivity contribution in [3.63, 3.8) is 0 Å². The highest BCUT2D eigenvalue weighted by molar-refractivity contribution is 7.90. The first kappa shape index (κ1) is 17.1. The van der Waals surface area contributed by atoms with E-state index >= 15 is 0 Å². The molecule has 0 radical (unpaired) electrons. The Bertz CT molecular complexity index is 829. The van der Waals surface area contributed by atoms with Crippen molar-refractivity contribution in [3.05, 3.63) is 53.8 Å². The fourth-order valence-corrected chi connectivity index (χ4v) is 2.81. The lowest BCUT2D eigenvalue weighted by Gasteiger charge is -2.18. The van der Waals surface area contributed by atoms with Gasteiger partial charge in [0, 0.05) is 25.4 Å². The zero-order chi connectivity index (χ0) is 17.2. The van der Waals surface area contributed by atoms with E-state index in [-0.39, 0.29) is 22.2 Å². The van der Waals surface area contributed by atoms with Crippen molar-refractivity contribution in [2.45, 2.75) is 11.8 Å². The average Bonchev–Trinajstić information content (AvgIpc) is 2.52. The molecule has 0 atom stereocenters. The van der Waals surface area contributed by atoms with E-state index in [9.17, 15) is 17.6 Å². The number of carbonyl (C=O) groups is 1. The summed E-state index contributed by atoms with van der Waals surface area (Å²) in [6.07, 6.45) is 1.09. The largest absolute Gasteiger partial charge is 0.342 e. The van der Waals surface area contributed by atoms with Crippen molar-refractivity contribution in [3.8, 4) is 11.1 Å². The Labute approximate surface area is 135 Å². The van der Waals surface area contributed by atoms with E-state index in [1.807, 2.05) is 6.92 Å². The van der Waals surface area contributed by atoms with Crippen LogP contribution in [0.25, 0.3) is 11.1 Å². The number of nitrogens with zero attached hydrogens (tertiary/aromatic N) is 1. The predicted octanol–water partition coefficient (Wildman–Crippen LogP) is 2.99. The minimum Gasteiger partial charge on any atom is -0.342 e. The molecule has 0 saturated heterocycles. The van der Waals surface area contributed by atoms with E-state index < -0.39 is 9.84 Å². The zero-order valence-corrected chi connectivity index (χ0v) is 14.0. The van der Waals surface area contributed by atoms with Gasteiger partial charge in [-0.3, -0.25) is 4.79 Å². The van der Waals surface area contributed by atoms with Crippen molar-refractivity contribution in [2.24, 2.45) is 0 Å². The Morgan fingerprint density at radius 2 is 1.74 bits per heavy atom. The first-order valence-corrected chi connectivity index (χ1v) is 8.98. The molecule has 1 amide bonds. The van der Waals surface area contributed by atoms with Crippen LogP contribution in [0, 0.1) is 5.82 Å². The Morgan fingerprint density at radius 3 is 2.26 bits per heavy atom. The molecule has 0 heterocycles. The maximum absolute atomic E-state index is 13.1. The topological polar surface area (TPSA) is 54.5 Å². The zero-order valence-electron chi connectivity index (χ0n) is 13.2. The van der Waals surface area contributed by atoms with Crippen molar-refractivity contribution in [2.75, 3.05) is 19.8 Å². The summed E-state index contributed by atoms with van der Waals surface area (Å²) in [5.41, 5.74) is 1.51. The Kier molecular flexibility index (Phi) is 4.85. The second-order valence-electron chi connectivity index (χ2n) is 5.31. The highest BCUT2D eigenvalue weighted by Gasteiger charge is 2.19. The van der Waals surface area contributed by atoms with Gasteiger partial charge in [0.25, 0.3) is 5.91 Å². The molecule has 4 nitrogen and oxygen atoms in total. The van der Waals surface area contributed by atoms with Gasteiger partial charge in [0.1, 0.15) is 5.82 Å². The third-order valence-electron chi connectivity index (χ3n) is 3.63. The van der Waals surface area contributed by atoms with Gasteiger partial charge in [-0.2, -0.15) is 0 Å². The Morgan fingerprint density at radius 1 is 1.13 bits per heavy atom. The first-order chi connectivity index (χ1) is 10.7. The smallest absolute Gasteiger partial charge is 0.254 e. The van der Waals surface area contributed by atoms with Gasteiger partial charge in [-0.25, -0.2) is 12.8 Å². The number of carbonyl (C=O) groups excluding carboxylic acids is 1. The molecule has 2 aromatic rings. The molecule has 0 saturated carbocycles. The minimum absolute atomic E-state index is 0.0798. The third kappa shape index (κ3) is 3.76. The number of sulfone groups is 1. The summed E-state index contributed by atoms with van der Waals surface area (Å²) in [4.78, 5) is 14.1. The summed E-state index contributed by atoms with van der Waals surface area (Å²) in [6, 6.07) is 10.1. The molecule has 0 aliphatic carbocycles. The lowest BCUT2D eigenvalue weighted by atomic mass is 9.99. The van der Waals surface area contributed by atoms with Gasteiger partial charge < -0.3 is 4.90 Å². The summed E-state index contributed by atoms with van der Waals surface area (Å²) < 4.78 is 36.6. The van der Waals surface area contributed by atoms with Crippen LogP contribution in [0.2, 0.25) is 0 Å². The lowest BCUT2D eigenvalue weighted by Crippen LogP contribution is -2.27. The standard InChI is InChI=1S/C17H18FNO3S/c1-4-19(2)17(20)16-11-14(23(3,21)22)9-10-15(16)12-5-7-13(18)8-6-12/h5-11H,4H2,1-3H3. The van der Waals surface area contributed by atoms with Gasteiger partial charge in [0.15, 0.2) is 9.84 Å². The molecule has 6 heteroatoms. The van der Waals surface area contributed by atoms with Crippen LogP contribution in [0.5, 0.6) is 0 Å². The monoisotopic (exact) mass is 335 g/mol. The van der Waals surface area contributed by atoms with Crippen molar-refractivity contribution in [1.82, 2.24) is 4.90 Å². The molecule has 2 rings (SSSR count). The fourth-order valence-electron chi connectivity index (χ4n) is 2.16. The van der Waals surface area contributed by atoms with Crippen LogP contribution in [0.15, 0.2) is 47.4 Å². The van der Waals surface area contributed by atoms with Crippen LogP contribution in [0.4, 0.5) is 4.39 Å². The number of hydrogen-bond acceptors (Lipinski definition) is 3. The second kappa shape index (κ2) is 6.50. The van der Waals surface area contributed by atoms with E-state index in [0.717, 1.165) is 6.26 Å². The average molecular weight is 335 g/mol. The quantitative estimate of drug-likeness (QED) is 0.863. The number of amides is 1. The molecular formula is C17H18FNO3S. The Balaban J connectivity index is 2.66. The van der Waals surface area contributed by atoms with Gasteiger partial charge in [-0.1, -0.05) is 18.2 Å². The van der Waals surface area contributed by atoms with E-state index in [1.165, 1.54) is 29.2 Å². The molecule has 122 valence electrons. The summed E-state index contributed by atoms with van der Waals surface area (Å²) in [5, 5.41) is 0. The number of rotatable bonds is 4. The molecule has 23 heavy (non-hydrogen) atoms. The fraction of sp³-hybridized carbons (Fsp3) is 0.235. The number of hydrogen-bond donors (Lipinski definition) is 0. The van der Waals surface area contributed by atoms with Crippen molar-refractivity contribution >= 4 is 15.7 Å². The van der Waals surface area contributed by atoms with Gasteiger partial charge in [-0.15, -0.1) is 0 Å². The SMILES string of the molecule is CCN(C)C(=O)c1cc(S(C)(=O)=O)ccc1-c1ccc(F)cc1. The van der Waals surface area contributed by atoms with Gasteiger partial charge in [-0.05, 0) is 42.3 Å². The second-order valence-corrected chi connectivity index (χ2v) is 7.32. The van der Waals surface area contributed by atoms with Crippen LogP contribution in [-0.4, -0.2) is 39.1 Å². The maximum atomic E-state index is 13.1. The van der Waals surface area contributed by atoms with E-state index in [2.05, 4.69) is 0 Å². The third-order valence-corrected chi connectivity index (χ3v) is 4.74. The van der Waals surface area contributed by atoms with Gasteiger partial charge in [0.05, 0.1) is 4.90 Å². The van der Waals surface area contributed by atoms with Crippen LogP contribution in [-0.2, 0) is 9.84 Å². The summed E-state index contributed by atoms with van der Waals surface area (Å²) >= 11 is 0. The predicted molar refractivity (Wildman–Crippen MR) is 87.6 cm³/mol.